The maximum absolute atomic E-state index is 9.84. The van der Waals surface area contributed by atoms with Crippen molar-refractivity contribution in [1.29, 1.82) is 0 Å². The summed E-state index contributed by atoms with van der Waals surface area (Å²) in [7, 11) is 4.72. The van der Waals surface area contributed by atoms with Crippen molar-refractivity contribution < 1.29 is 19.3 Å². The van der Waals surface area contributed by atoms with E-state index >= 15 is 0 Å². The standard InChI is InChI=1S/C24H27N7O4/c1-33-19-9-16(10-20(34-2)22(19)35-3)30-12-21(26-14-30)28-24-27-18-11-25-7-6-17(18)23(29-24)31-8-4-5-15(31)13-32/h6-7,9-12,14-15,32H,4-5,8,13H2,1-3H3,(H,27,28,29)/t15-/m0/s1. The lowest BCUT2D eigenvalue weighted by molar-refractivity contribution is 0.266. The number of rotatable bonds is 8. The van der Waals surface area contributed by atoms with Crippen molar-refractivity contribution in [3.63, 3.8) is 0 Å². The van der Waals surface area contributed by atoms with Gasteiger partial charge in [0, 0.05) is 30.3 Å². The van der Waals surface area contributed by atoms with E-state index in [9.17, 15) is 5.11 Å². The molecular weight excluding hydrogens is 450 g/mol. The third-order valence-corrected chi connectivity index (χ3v) is 6.11. The number of methoxy groups -OCH3 is 3. The molecule has 0 unspecified atom stereocenters. The lowest BCUT2D eigenvalue weighted by atomic mass is 10.2. The molecule has 11 heteroatoms. The Kier molecular flexibility index (Phi) is 6.23. The smallest absolute Gasteiger partial charge is 0.231 e. The Morgan fingerprint density at radius 1 is 1.11 bits per heavy atom. The second kappa shape index (κ2) is 9.63. The Labute approximate surface area is 202 Å². The molecule has 0 radical (unpaired) electrons. The molecule has 1 saturated heterocycles. The number of benzene rings is 1. The average molecular weight is 478 g/mol. The SMILES string of the molecule is COc1cc(-n2cnc(Nc3nc(N4CCC[C@H]4CO)c4ccncc4n3)c2)cc(OC)c1OC. The molecule has 3 aromatic heterocycles. The molecule has 1 aliphatic heterocycles. The van der Waals surface area contributed by atoms with Gasteiger partial charge in [0.2, 0.25) is 11.7 Å². The van der Waals surface area contributed by atoms with E-state index in [2.05, 4.69) is 25.2 Å². The first-order valence-corrected chi connectivity index (χ1v) is 11.3. The van der Waals surface area contributed by atoms with E-state index in [0.29, 0.717) is 34.5 Å². The second-order valence-electron chi connectivity index (χ2n) is 8.11. The molecule has 0 amide bonds. The Morgan fingerprint density at radius 3 is 2.63 bits per heavy atom. The van der Waals surface area contributed by atoms with Crippen LogP contribution < -0.4 is 24.4 Å². The minimum Gasteiger partial charge on any atom is -0.493 e. The summed E-state index contributed by atoms with van der Waals surface area (Å²) < 4.78 is 18.2. The normalized spacial score (nSPS) is 15.4. The van der Waals surface area contributed by atoms with Crippen molar-refractivity contribution in [1.82, 2.24) is 24.5 Å². The number of fused-ring (bicyclic) bond motifs is 1. The van der Waals surface area contributed by atoms with Crippen LogP contribution >= 0.6 is 0 Å². The average Bonchev–Trinajstić information content (AvgIpc) is 3.57. The summed E-state index contributed by atoms with van der Waals surface area (Å²) in [5.74, 6) is 3.35. The molecule has 4 heterocycles. The van der Waals surface area contributed by atoms with Gasteiger partial charge in [-0.25, -0.2) is 9.97 Å². The van der Waals surface area contributed by atoms with Gasteiger partial charge in [-0.2, -0.15) is 4.98 Å². The van der Waals surface area contributed by atoms with E-state index in [-0.39, 0.29) is 12.6 Å². The van der Waals surface area contributed by atoms with Gasteiger partial charge in [0.15, 0.2) is 17.3 Å². The summed E-state index contributed by atoms with van der Waals surface area (Å²) in [6, 6.07) is 5.62. The second-order valence-corrected chi connectivity index (χ2v) is 8.11. The Balaban J connectivity index is 1.48. The first kappa shape index (κ1) is 22.7. The molecule has 0 aliphatic carbocycles. The number of aliphatic hydroxyl groups excluding tert-OH is 1. The predicted molar refractivity (Wildman–Crippen MR) is 131 cm³/mol. The van der Waals surface area contributed by atoms with Gasteiger partial charge in [-0.3, -0.25) is 4.98 Å². The third-order valence-electron chi connectivity index (χ3n) is 6.11. The van der Waals surface area contributed by atoms with Gasteiger partial charge in [-0.05, 0) is 18.9 Å². The van der Waals surface area contributed by atoms with E-state index < -0.39 is 0 Å². The van der Waals surface area contributed by atoms with Crippen LogP contribution in [0.2, 0.25) is 0 Å². The minimum absolute atomic E-state index is 0.0355. The van der Waals surface area contributed by atoms with Crippen molar-refractivity contribution in [3.05, 3.63) is 43.1 Å². The maximum Gasteiger partial charge on any atom is 0.231 e. The Morgan fingerprint density at radius 2 is 1.91 bits per heavy atom. The van der Waals surface area contributed by atoms with E-state index in [1.54, 1.807) is 40.1 Å². The molecule has 1 atom stereocenters. The molecule has 0 spiro atoms. The van der Waals surface area contributed by atoms with Gasteiger partial charge < -0.3 is 34.1 Å². The van der Waals surface area contributed by atoms with Gasteiger partial charge in [0.25, 0.3) is 0 Å². The zero-order valence-corrected chi connectivity index (χ0v) is 19.8. The highest BCUT2D eigenvalue weighted by molar-refractivity contribution is 5.90. The van der Waals surface area contributed by atoms with Crippen LogP contribution in [0.1, 0.15) is 12.8 Å². The van der Waals surface area contributed by atoms with Crippen LogP contribution in [-0.2, 0) is 0 Å². The number of imidazole rings is 1. The lowest BCUT2D eigenvalue weighted by Crippen LogP contribution is -2.33. The fraction of sp³-hybridized carbons (Fsp3) is 0.333. The van der Waals surface area contributed by atoms with Crippen molar-refractivity contribution >= 4 is 28.5 Å². The zero-order chi connectivity index (χ0) is 24.4. The number of aliphatic hydroxyl groups is 1. The maximum atomic E-state index is 9.84. The first-order valence-electron chi connectivity index (χ1n) is 11.3. The van der Waals surface area contributed by atoms with E-state index in [1.165, 1.54) is 0 Å². The summed E-state index contributed by atoms with van der Waals surface area (Å²) >= 11 is 0. The van der Waals surface area contributed by atoms with Crippen LogP contribution in [0.3, 0.4) is 0 Å². The third kappa shape index (κ3) is 4.26. The molecule has 35 heavy (non-hydrogen) atoms. The summed E-state index contributed by atoms with van der Waals surface area (Å²) in [6.07, 6.45) is 8.87. The topological polar surface area (TPSA) is 120 Å². The highest BCUT2D eigenvalue weighted by Gasteiger charge is 2.27. The lowest BCUT2D eigenvalue weighted by Gasteiger charge is -2.25. The van der Waals surface area contributed by atoms with Crippen LogP contribution in [0.25, 0.3) is 16.6 Å². The van der Waals surface area contributed by atoms with Crippen LogP contribution in [0.5, 0.6) is 17.2 Å². The number of nitrogens with one attached hydrogen (secondary N) is 1. The number of hydrogen-bond acceptors (Lipinski definition) is 10. The Hall–Kier alpha value is -4.12. The largest absolute Gasteiger partial charge is 0.493 e. The number of ether oxygens (including phenoxy) is 3. The molecule has 0 saturated carbocycles. The molecule has 0 bridgehead atoms. The summed E-state index contributed by atoms with van der Waals surface area (Å²) in [4.78, 5) is 20.3. The highest BCUT2D eigenvalue weighted by Crippen LogP contribution is 2.39. The molecule has 4 aromatic rings. The number of aromatic nitrogens is 5. The molecule has 5 rings (SSSR count). The quantitative estimate of drug-likeness (QED) is 0.392. The molecule has 1 fully saturated rings. The summed E-state index contributed by atoms with van der Waals surface area (Å²) in [6.45, 7) is 0.910. The molecule has 1 aliphatic rings. The zero-order valence-electron chi connectivity index (χ0n) is 19.8. The molecular formula is C24H27N7O4. The van der Waals surface area contributed by atoms with E-state index in [1.807, 2.05) is 29.0 Å². The van der Waals surface area contributed by atoms with Gasteiger partial charge in [-0.1, -0.05) is 0 Å². The van der Waals surface area contributed by atoms with Crippen LogP contribution in [0, 0.1) is 0 Å². The van der Waals surface area contributed by atoms with Crippen molar-refractivity contribution in [2.45, 2.75) is 18.9 Å². The summed E-state index contributed by atoms with van der Waals surface area (Å²) in [5.41, 5.74) is 1.50. The van der Waals surface area contributed by atoms with Crippen LogP contribution in [0.15, 0.2) is 43.1 Å². The highest BCUT2D eigenvalue weighted by atomic mass is 16.5. The summed E-state index contributed by atoms with van der Waals surface area (Å²) in [5, 5.41) is 13.9. The van der Waals surface area contributed by atoms with Crippen LogP contribution in [-0.4, -0.2) is 70.1 Å². The molecule has 11 nitrogen and oxygen atoms in total. The van der Waals surface area contributed by atoms with Gasteiger partial charge in [0.05, 0.1) is 57.6 Å². The monoisotopic (exact) mass is 477 g/mol. The molecule has 1 aromatic carbocycles. The van der Waals surface area contributed by atoms with E-state index in [4.69, 9.17) is 19.2 Å². The number of nitrogens with zero attached hydrogens (tertiary/aromatic N) is 6. The van der Waals surface area contributed by atoms with Crippen LogP contribution in [0.4, 0.5) is 17.6 Å². The number of hydrogen-bond donors (Lipinski definition) is 2. The van der Waals surface area contributed by atoms with Crippen molar-refractivity contribution in [3.8, 4) is 22.9 Å². The fourth-order valence-corrected chi connectivity index (χ4v) is 4.40. The van der Waals surface area contributed by atoms with Gasteiger partial charge in [-0.15, -0.1) is 0 Å². The van der Waals surface area contributed by atoms with E-state index in [0.717, 1.165) is 36.3 Å². The number of pyridine rings is 1. The Bertz CT molecular complexity index is 1320. The number of anilines is 3. The predicted octanol–water partition coefficient (Wildman–Crippen LogP) is 2.94. The minimum atomic E-state index is 0.0355. The van der Waals surface area contributed by atoms with Crippen molar-refractivity contribution in [2.24, 2.45) is 0 Å². The van der Waals surface area contributed by atoms with Gasteiger partial charge >= 0.3 is 0 Å². The van der Waals surface area contributed by atoms with Crippen molar-refractivity contribution in [2.75, 3.05) is 44.7 Å². The molecule has 2 N–H and O–H groups in total. The fourth-order valence-electron chi connectivity index (χ4n) is 4.40. The first-order chi connectivity index (χ1) is 17.1. The van der Waals surface area contributed by atoms with Gasteiger partial charge in [0.1, 0.15) is 12.1 Å². The molecule has 182 valence electrons.